The zero-order valence-electron chi connectivity index (χ0n) is 11.4. The number of carbonyl (C=O) groups is 1. The molecule has 104 valence electrons. The molecule has 1 saturated heterocycles. The molecule has 4 atom stereocenters. The molecule has 0 radical (unpaired) electrons. The lowest BCUT2D eigenvalue weighted by Gasteiger charge is -2.32. The van der Waals surface area contributed by atoms with Gasteiger partial charge >= 0.3 is 0 Å². The number of ether oxygens (including phenoxy) is 1. The summed E-state index contributed by atoms with van der Waals surface area (Å²) in [5, 5.41) is 3.03. The second-order valence-corrected chi connectivity index (χ2v) is 5.92. The summed E-state index contributed by atoms with van der Waals surface area (Å²) in [5.74, 6) is 0.743. The van der Waals surface area contributed by atoms with E-state index in [1.54, 1.807) is 0 Å². The fourth-order valence-corrected chi connectivity index (χ4v) is 3.02. The van der Waals surface area contributed by atoms with E-state index in [4.69, 9.17) is 10.5 Å². The summed E-state index contributed by atoms with van der Waals surface area (Å²) in [7, 11) is 0. The molecule has 1 amide bonds. The molecule has 4 nitrogen and oxygen atoms in total. The van der Waals surface area contributed by atoms with Crippen molar-refractivity contribution < 1.29 is 9.53 Å². The summed E-state index contributed by atoms with van der Waals surface area (Å²) in [6, 6.07) is 0.0356. The highest BCUT2D eigenvalue weighted by Crippen LogP contribution is 2.28. The van der Waals surface area contributed by atoms with Gasteiger partial charge in [0.05, 0.1) is 12.0 Å². The van der Waals surface area contributed by atoms with Gasteiger partial charge < -0.3 is 15.8 Å². The second kappa shape index (κ2) is 6.53. The summed E-state index contributed by atoms with van der Waals surface area (Å²) in [6.45, 7) is 3.69. The molecule has 1 saturated carbocycles. The molecule has 0 aromatic rings. The van der Waals surface area contributed by atoms with Crippen molar-refractivity contribution in [3.8, 4) is 0 Å². The number of hydrogen-bond acceptors (Lipinski definition) is 3. The van der Waals surface area contributed by atoms with E-state index in [2.05, 4.69) is 12.2 Å². The molecule has 4 unspecified atom stereocenters. The van der Waals surface area contributed by atoms with E-state index in [0.29, 0.717) is 12.5 Å². The van der Waals surface area contributed by atoms with Crippen molar-refractivity contribution in [1.29, 1.82) is 0 Å². The first-order valence-electron chi connectivity index (χ1n) is 7.31. The first-order valence-corrected chi connectivity index (χ1v) is 7.31. The zero-order chi connectivity index (χ0) is 13.0. The van der Waals surface area contributed by atoms with Crippen LogP contribution in [0, 0.1) is 11.8 Å². The molecule has 1 aliphatic carbocycles. The Labute approximate surface area is 110 Å². The summed E-state index contributed by atoms with van der Waals surface area (Å²) in [5.41, 5.74) is 6.06. The number of hydrogen-bond donors (Lipinski definition) is 2. The normalized spacial score (nSPS) is 37.2. The molecule has 0 bridgehead atoms. The maximum absolute atomic E-state index is 12.2. The lowest BCUT2D eigenvalue weighted by atomic mass is 9.79. The van der Waals surface area contributed by atoms with Gasteiger partial charge in [0.2, 0.25) is 5.91 Å². The highest BCUT2D eigenvalue weighted by atomic mass is 16.5. The highest BCUT2D eigenvalue weighted by molar-refractivity contribution is 5.79. The standard InChI is InChI=1S/C14H26N2O2/c1-10-5-6-13(15)12(8-10)14(17)16-9-11-4-2-3-7-18-11/h10-13H,2-9,15H2,1H3,(H,16,17). The first kappa shape index (κ1) is 13.8. The van der Waals surface area contributed by atoms with Crippen LogP contribution in [-0.2, 0) is 9.53 Å². The molecule has 4 heteroatoms. The fourth-order valence-electron chi connectivity index (χ4n) is 3.02. The van der Waals surface area contributed by atoms with Crippen LogP contribution in [0.2, 0.25) is 0 Å². The SMILES string of the molecule is CC1CCC(N)C(C(=O)NCC2CCCCO2)C1. The number of carbonyl (C=O) groups excluding carboxylic acids is 1. The van der Waals surface area contributed by atoms with Crippen molar-refractivity contribution in [2.24, 2.45) is 17.6 Å². The Kier molecular flexibility index (Phi) is 5.01. The van der Waals surface area contributed by atoms with Gasteiger partial charge in [-0.1, -0.05) is 6.92 Å². The van der Waals surface area contributed by atoms with E-state index in [0.717, 1.165) is 38.7 Å². The summed E-state index contributed by atoms with van der Waals surface area (Å²) < 4.78 is 5.62. The topological polar surface area (TPSA) is 64.4 Å². The van der Waals surface area contributed by atoms with Gasteiger partial charge in [0.25, 0.3) is 0 Å². The third-order valence-electron chi connectivity index (χ3n) is 4.28. The van der Waals surface area contributed by atoms with Crippen LogP contribution in [0.4, 0.5) is 0 Å². The van der Waals surface area contributed by atoms with Gasteiger partial charge in [-0.2, -0.15) is 0 Å². The minimum atomic E-state index is -0.00246. The Bertz CT molecular complexity index is 277. The van der Waals surface area contributed by atoms with E-state index < -0.39 is 0 Å². The number of nitrogens with two attached hydrogens (primary N) is 1. The molecule has 2 rings (SSSR count). The molecule has 2 fully saturated rings. The van der Waals surface area contributed by atoms with Crippen LogP contribution < -0.4 is 11.1 Å². The Morgan fingerprint density at radius 1 is 1.33 bits per heavy atom. The van der Waals surface area contributed by atoms with Crippen LogP contribution in [0.5, 0.6) is 0 Å². The van der Waals surface area contributed by atoms with E-state index in [1.807, 2.05) is 0 Å². The van der Waals surface area contributed by atoms with Crippen molar-refractivity contribution in [2.45, 2.75) is 57.6 Å². The number of nitrogens with one attached hydrogen (secondary N) is 1. The van der Waals surface area contributed by atoms with Gasteiger partial charge in [-0.3, -0.25) is 4.79 Å². The molecule has 1 aliphatic heterocycles. The number of rotatable bonds is 3. The molecule has 0 aromatic heterocycles. The van der Waals surface area contributed by atoms with Crippen molar-refractivity contribution in [3.05, 3.63) is 0 Å². The van der Waals surface area contributed by atoms with Gasteiger partial charge in [-0.25, -0.2) is 0 Å². The minimum Gasteiger partial charge on any atom is -0.376 e. The summed E-state index contributed by atoms with van der Waals surface area (Å²) >= 11 is 0. The predicted molar refractivity (Wildman–Crippen MR) is 71.1 cm³/mol. The predicted octanol–water partition coefficient (Wildman–Crippen LogP) is 1.44. The molecular weight excluding hydrogens is 228 g/mol. The van der Waals surface area contributed by atoms with E-state index >= 15 is 0 Å². The third kappa shape index (κ3) is 3.69. The molecular formula is C14H26N2O2. The minimum absolute atomic E-state index is 0.00246. The van der Waals surface area contributed by atoms with Gasteiger partial charge in [-0.05, 0) is 44.4 Å². The Hall–Kier alpha value is -0.610. The molecule has 2 aliphatic rings. The third-order valence-corrected chi connectivity index (χ3v) is 4.28. The molecule has 0 aromatic carbocycles. The Balaban J connectivity index is 1.75. The van der Waals surface area contributed by atoms with Gasteiger partial charge in [0.15, 0.2) is 0 Å². The van der Waals surface area contributed by atoms with Crippen molar-refractivity contribution in [3.63, 3.8) is 0 Å². The Morgan fingerprint density at radius 2 is 2.17 bits per heavy atom. The van der Waals surface area contributed by atoms with Crippen LogP contribution in [0.25, 0.3) is 0 Å². The maximum Gasteiger partial charge on any atom is 0.224 e. The van der Waals surface area contributed by atoms with Crippen molar-refractivity contribution in [2.75, 3.05) is 13.2 Å². The van der Waals surface area contributed by atoms with E-state index in [1.165, 1.54) is 6.42 Å². The van der Waals surface area contributed by atoms with E-state index in [9.17, 15) is 4.79 Å². The van der Waals surface area contributed by atoms with Gasteiger partial charge in [0.1, 0.15) is 0 Å². The quantitative estimate of drug-likeness (QED) is 0.801. The molecule has 0 spiro atoms. The molecule has 3 N–H and O–H groups in total. The van der Waals surface area contributed by atoms with Crippen LogP contribution in [-0.4, -0.2) is 31.2 Å². The van der Waals surface area contributed by atoms with Crippen molar-refractivity contribution >= 4 is 5.91 Å². The van der Waals surface area contributed by atoms with Crippen LogP contribution in [0.3, 0.4) is 0 Å². The van der Waals surface area contributed by atoms with Crippen molar-refractivity contribution in [1.82, 2.24) is 5.32 Å². The summed E-state index contributed by atoms with van der Waals surface area (Å²) in [4.78, 5) is 12.2. The lowest BCUT2D eigenvalue weighted by molar-refractivity contribution is -0.127. The monoisotopic (exact) mass is 254 g/mol. The number of amides is 1. The van der Waals surface area contributed by atoms with Crippen LogP contribution in [0.15, 0.2) is 0 Å². The van der Waals surface area contributed by atoms with Gasteiger partial charge in [0, 0.05) is 19.2 Å². The average Bonchev–Trinajstić information content (AvgIpc) is 2.40. The average molecular weight is 254 g/mol. The molecule has 18 heavy (non-hydrogen) atoms. The maximum atomic E-state index is 12.2. The molecule has 1 heterocycles. The Morgan fingerprint density at radius 3 is 2.89 bits per heavy atom. The smallest absolute Gasteiger partial charge is 0.224 e. The zero-order valence-corrected chi connectivity index (χ0v) is 11.4. The fraction of sp³-hybridized carbons (Fsp3) is 0.929. The largest absolute Gasteiger partial charge is 0.376 e. The van der Waals surface area contributed by atoms with Gasteiger partial charge in [-0.15, -0.1) is 0 Å². The highest BCUT2D eigenvalue weighted by Gasteiger charge is 2.31. The lowest BCUT2D eigenvalue weighted by Crippen LogP contribution is -2.47. The van der Waals surface area contributed by atoms with Crippen LogP contribution in [0.1, 0.15) is 45.4 Å². The van der Waals surface area contributed by atoms with Crippen LogP contribution >= 0.6 is 0 Å². The second-order valence-electron chi connectivity index (χ2n) is 5.92. The first-order chi connectivity index (χ1) is 8.66. The van der Waals surface area contributed by atoms with E-state index in [-0.39, 0.29) is 24.0 Å². The summed E-state index contributed by atoms with van der Waals surface area (Å²) in [6.07, 6.45) is 6.68.